The van der Waals surface area contributed by atoms with Gasteiger partial charge in [0, 0.05) is 18.3 Å². The second kappa shape index (κ2) is 4.25. The second-order valence-corrected chi connectivity index (χ2v) is 4.39. The number of nitrogens with zero attached hydrogens (tertiary/aromatic N) is 1. The van der Waals surface area contributed by atoms with Crippen molar-refractivity contribution >= 4 is 17.3 Å². The van der Waals surface area contributed by atoms with E-state index in [1.807, 2.05) is 0 Å². The lowest BCUT2D eigenvalue weighted by molar-refractivity contribution is -0.385. The summed E-state index contributed by atoms with van der Waals surface area (Å²) in [7, 11) is 0. The molecule has 18 heavy (non-hydrogen) atoms. The standard InChI is InChI=1S/C11H11FN2O4/c12-7-3-8(5-9(4-7)14(17)18)13-6-11(1-2-11)10(15)16/h3-5,13H,1-2,6H2,(H,15,16). The minimum atomic E-state index is -0.902. The van der Waals surface area contributed by atoms with Gasteiger partial charge in [0.2, 0.25) is 0 Å². The minimum Gasteiger partial charge on any atom is -0.481 e. The number of carboxylic acid groups (broad SMARTS) is 1. The van der Waals surface area contributed by atoms with E-state index in [4.69, 9.17) is 5.11 Å². The zero-order valence-corrected chi connectivity index (χ0v) is 9.35. The van der Waals surface area contributed by atoms with Crippen molar-refractivity contribution in [1.29, 1.82) is 0 Å². The Morgan fingerprint density at radius 1 is 1.50 bits per heavy atom. The smallest absolute Gasteiger partial charge is 0.311 e. The molecule has 1 fully saturated rings. The van der Waals surface area contributed by atoms with Crippen molar-refractivity contribution in [2.75, 3.05) is 11.9 Å². The molecule has 96 valence electrons. The summed E-state index contributed by atoms with van der Waals surface area (Å²) in [6.45, 7) is 0.142. The quantitative estimate of drug-likeness (QED) is 0.619. The van der Waals surface area contributed by atoms with Crippen LogP contribution in [-0.4, -0.2) is 22.5 Å². The molecule has 1 aromatic rings. The normalized spacial score (nSPS) is 16.1. The SMILES string of the molecule is O=C(O)C1(CNc2cc(F)cc([N+](=O)[O-])c2)CC1. The summed E-state index contributed by atoms with van der Waals surface area (Å²) in [6, 6.07) is 3.10. The van der Waals surface area contributed by atoms with Gasteiger partial charge in [-0.05, 0) is 18.9 Å². The number of hydrogen-bond donors (Lipinski definition) is 2. The number of halogens is 1. The summed E-state index contributed by atoms with van der Waals surface area (Å²) in [5.41, 5.74) is -0.951. The molecule has 1 saturated carbocycles. The van der Waals surface area contributed by atoms with Crippen molar-refractivity contribution in [3.05, 3.63) is 34.1 Å². The van der Waals surface area contributed by atoms with Crippen molar-refractivity contribution in [1.82, 2.24) is 0 Å². The number of nitro groups is 1. The number of benzene rings is 1. The van der Waals surface area contributed by atoms with E-state index in [0.29, 0.717) is 12.8 Å². The van der Waals surface area contributed by atoms with Crippen LogP contribution in [0.3, 0.4) is 0 Å². The predicted octanol–water partition coefficient (Wildman–Crippen LogP) is 2.01. The summed E-state index contributed by atoms with van der Waals surface area (Å²) < 4.78 is 13.1. The van der Waals surface area contributed by atoms with Gasteiger partial charge < -0.3 is 10.4 Å². The third-order valence-corrected chi connectivity index (χ3v) is 3.03. The van der Waals surface area contributed by atoms with E-state index in [1.165, 1.54) is 6.07 Å². The van der Waals surface area contributed by atoms with Crippen LogP contribution in [0.25, 0.3) is 0 Å². The van der Waals surface area contributed by atoms with Crippen LogP contribution in [0.1, 0.15) is 12.8 Å². The molecule has 0 amide bonds. The minimum absolute atomic E-state index is 0.142. The van der Waals surface area contributed by atoms with E-state index < -0.39 is 22.1 Å². The monoisotopic (exact) mass is 254 g/mol. The number of anilines is 1. The number of nitro benzene ring substituents is 1. The number of carboxylic acids is 1. The number of nitrogens with one attached hydrogen (secondary N) is 1. The van der Waals surface area contributed by atoms with E-state index in [9.17, 15) is 19.3 Å². The summed E-state index contributed by atoms with van der Waals surface area (Å²) in [6.07, 6.45) is 1.12. The van der Waals surface area contributed by atoms with Crippen LogP contribution in [0, 0.1) is 21.3 Å². The molecule has 1 aliphatic carbocycles. The average molecular weight is 254 g/mol. The number of non-ortho nitro benzene ring substituents is 1. The number of aliphatic carboxylic acids is 1. The van der Waals surface area contributed by atoms with Gasteiger partial charge in [0.05, 0.1) is 16.4 Å². The number of carbonyl (C=O) groups is 1. The molecule has 0 bridgehead atoms. The van der Waals surface area contributed by atoms with Gasteiger partial charge in [-0.2, -0.15) is 0 Å². The van der Waals surface area contributed by atoms with Crippen molar-refractivity contribution in [2.24, 2.45) is 5.41 Å². The third kappa shape index (κ3) is 2.39. The lowest BCUT2D eigenvalue weighted by atomic mass is 10.1. The molecule has 2 N–H and O–H groups in total. The summed E-state index contributed by atoms with van der Waals surface area (Å²) >= 11 is 0. The molecule has 1 aliphatic rings. The van der Waals surface area contributed by atoms with Crippen LogP contribution in [0.5, 0.6) is 0 Å². The number of rotatable bonds is 5. The molecule has 0 spiro atoms. The van der Waals surface area contributed by atoms with Crippen molar-refractivity contribution in [3.8, 4) is 0 Å². The predicted molar refractivity (Wildman–Crippen MR) is 60.8 cm³/mol. The van der Waals surface area contributed by atoms with Crippen LogP contribution in [-0.2, 0) is 4.79 Å². The van der Waals surface area contributed by atoms with Crippen LogP contribution in [0.2, 0.25) is 0 Å². The molecule has 0 saturated heterocycles. The summed E-state index contributed by atoms with van der Waals surface area (Å²) in [5, 5.41) is 22.2. The van der Waals surface area contributed by atoms with Crippen molar-refractivity contribution in [3.63, 3.8) is 0 Å². The molecule has 2 rings (SSSR count). The molecule has 0 atom stereocenters. The Morgan fingerprint density at radius 2 is 2.17 bits per heavy atom. The molecule has 6 nitrogen and oxygen atoms in total. The Kier molecular flexibility index (Phi) is 2.90. The van der Waals surface area contributed by atoms with Crippen LogP contribution in [0.15, 0.2) is 18.2 Å². The molecular formula is C11H11FN2O4. The Labute approximate surface area is 102 Å². The van der Waals surface area contributed by atoms with E-state index in [-0.39, 0.29) is 17.9 Å². The third-order valence-electron chi connectivity index (χ3n) is 3.03. The van der Waals surface area contributed by atoms with Crippen LogP contribution in [0.4, 0.5) is 15.8 Å². The fraction of sp³-hybridized carbons (Fsp3) is 0.364. The van der Waals surface area contributed by atoms with Gasteiger partial charge >= 0.3 is 5.97 Å². The molecule has 0 unspecified atom stereocenters. The Balaban J connectivity index is 2.10. The Morgan fingerprint density at radius 3 is 2.67 bits per heavy atom. The molecule has 0 aromatic heterocycles. The highest BCUT2D eigenvalue weighted by Gasteiger charge is 2.50. The Bertz CT molecular complexity index is 514. The van der Waals surface area contributed by atoms with Gasteiger partial charge in [0.15, 0.2) is 0 Å². The molecule has 0 heterocycles. The van der Waals surface area contributed by atoms with Gasteiger partial charge in [-0.1, -0.05) is 0 Å². The Hall–Kier alpha value is -2.18. The van der Waals surface area contributed by atoms with E-state index in [2.05, 4.69) is 5.32 Å². The van der Waals surface area contributed by atoms with Gasteiger partial charge in [0.1, 0.15) is 5.82 Å². The lowest BCUT2D eigenvalue weighted by Crippen LogP contribution is -2.24. The highest BCUT2D eigenvalue weighted by atomic mass is 19.1. The molecule has 0 aliphatic heterocycles. The maximum absolute atomic E-state index is 13.1. The number of hydrogen-bond acceptors (Lipinski definition) is 4. The maximum atomic E-state index is 13.1. The lowest BCUT2D eigenvalue weighted by Gasteiger charge is -2.12. The van der Waals surface area contributed by atoms with Crippen LogP contribution >= 0.6 is 0 Å². The van der Waals surface area contributed by atoms with E-state index in [1.54, 1.807) is 0 Å². The zero-order chi connectivity index (χ0) is 13.3. The fourth-order valence-corrected chi connectivity index (χ4v) is 1.67. The first-order chi connectivity index (χ1) is 8.43. The largest absolute Gasteiger partial charge is 0.481 e. The van der Waals surface area contributed by atoms with Crippen LogP contribution < -0.4 is 5.32 Å². The summed E-state index contributed by atoms with van der Waals surface area (Å²) in [4.78, 5) is 20.8. The zero-order valence-electron chi connectivity index (χ0n) is 9.35. The van der Waals surface area contributed by atoms with Crippen molar-refractivity contribution < 1.29 is 19.2 Å². The van der Waals surface area contributed by atoms with Crippen molar-refractivity contribution in [2.45, 2.75) is 12.8 Å². The van der Waals surface area contributed by atoms with Gasteiger partial charge in [-0.3, -0.25) is 14.9 Å². The fourth-order valence-electron chi connectivity index (χ4n) is 1.67. The average Bonchev–Trinajstić information content (AvgIpc) is 3.06. The maximum Gasteiger partial charge on any atom is 0.311 e. The highest BCUT2D eigenvalue weighted by molar-refractivity contribution is 5.78. The first-order valence-corrected chi connectivity index (χ1v) is 5.35. The molecule has 0 radical (unpaired) electrons. The topological polar surface area (TPSA) is 92.5 Å². The molecular weight excluding hydrogens is 243 g/mol. The highest BCUT2D eigenvalue weighted by Crippen LogP contribution is 2.45. The van der Waals surface area contributed by atoms with E-state index >= 15 is 0 Å². The molecule has 1 aromatic carbocycles. The van der Waals surface area contributed by atoms with Gasteiger partial charge in [0.25, 0.3) is 5.69 Å². The van der Waals surface area contributed by atoms with Gasteiger partial charge in [-0.25, -0.2) is 4.39 Å². The van der Waals surface area contributed by atoms with E-state index in [0.717, 1.165) is 12.1 Å². The first-order valence-electron chi connectivity index (χ1n) is 5.35. The first kappa shape index (κ1) is 12.3. The second-order valence-electron chi connectivity index (χ2n) is 4.39. The van der Waals surface area contributed by atoms with Gasteiger partial charge in [-0.15, -0.1) is 0 Å². The summed E-state index contributed by atoms with van der Waals surface area (Å²) in [5.74, 6) is -1.63. The molecule has 7 heteroatoms.